The Balaban J connectivity index is 1.55. The summed E-state index contributed by atoms with van der Waals surface area (Å²) in [6.07, 6.45) is 0. The molecule has 2 N–H and O–H groups in total. The minimum absolute atomic E-state index is 0.0130. The van der Waals surface area contributed by atoms with Crippen molar-refractivity contribution in [1.29, 1.82) is 0 Å². The fraction of sp³-hybridized carbons (Fsp3) is 0.0741. The van der Waals surface area contributed by atoms with Crippen LogP contribution in [0, 0.1) is 6.92 Å². The molecule has 1 amide bonds. The number of halogens is 2. The molecule has 0 saturated carbocycles. The van der Waals surface area contributed by atoms with Crippen molar-refractivity contribution in [2.75, 3.05) is 20.9 Å². The molecule has 8 nitrogen and oxygen atoms in total. The predicted molar refractivity (Wildman–Crippen MR) is 154 cm³/mol. The molecule has 0 aliphatic heterocycles. The van der Waals surface area contributed by atoms with Crippen LogP contribution in [0.2, 0.25) is 10.0 Å². The van der Waals surface area contributed by atoms with Gasteiger partial charge in [0.1, 0.15) is 6.54 Å². The first-order chi connectivity index (χ1) is 18.5. The first kappa shape index (κ1) is 28.4. The molecule has 0 spiro atoms. The Morgan fingerprint density at radius 3 is 2.10 bits per heavy atom. The Morgan fingerprint density at radius 2 is 1.44 bits per heavy atom. The summed E-state index contributed by atoms with van der Waals surface area (Å²) in [5.74, 6) is -0.681. The van der Waals surface area contributed by atoms with Gasteiger partial charge in [-0.15, -0.1) is 0 Å². The number of aryl methyl sites for hydroxylation is 1. The molecule has 12 heteroatoms. The van der Waals surface area contributed by atoms with Gasteiger partial charge in [-0.05, 0) is 73.2 Å². The van der Waals surface area contributed by atoms with Gasteiger partial charge in [0.25, 0.3) is 20.0 Å². The molecule has 0 saturated heterocycles. The zero-order valence-corrected chi connectivity index (χ0v) is 23.7. The molecule has 4 aromatic carbocycles. The lowest BCUT2D eigenvalue weighted by Crippen LogP contribution is -2.38. The largest absolute Gasteiger partial charge is 0.325 e. The summed E-state index contributed by atoms with van der Waals surface area (Å²) in [7, 11) is -8.06. The maximum absolute atomic E-state index is 13.5. The van der Waals surface area contributed by atoms with E-state index in [-0.39, 0.29) is 31.2 Å². The number of benzene rings is 4. The molecule has 0 heterocycles. The summed E-state index contributed by atoms with van der Waals surface area (Å²) in [6.45, 7) is 1.23. The van der Waals surface area contributed by atoms with E-state index in [2.05, 4.69) is 10.0 Å². The van der Waals surface area contributed by atoms with Gasteiger partial charge in [0, 0.05) is 11.4 Å². The molecule has 0 aromatic heterocycles. The van der Waals surface area contributed by atoms with E-state index in [4.69, 9.17) is 23.2 Å². The van der Waals surface area contributed by atoms with E-state index < -0.39 is 32.5 Å². The van der Waals surface area contributed by atoms with Gasteiger partial charge in [-0.2, -0.15) is 0 Å². The second-order valence-electron chi connectivity index (χ2n) is 8.45. The number of amides is 1. The smallest absolute Gasteiger partial charge is 0.264 e. The molecule has 202 valence electrons. The summed E-state index contributed by atoms with van der Waals surface area (Å²) in [5, 5.41) is 2.70. The van der Waals surface area contributed by atoms with E-state index in [0.29, 0.717) is 5.69 Å². The van der Waals surface area contributed by atoms with E-state index in [1.807, 2.05) is 13.0 Å². The molecule has 4 rings (SSSR count). The quantitative estimate of drug-likeness (QED) is 0.246. The zero-order valence-electron chi connectivity index (χ0n) is 20.5. The summed E-state index contributed by atoms with van der Waals surface area (Å²) in [6, 6.07) is 24.5. The van der Waals surface area contributed by atoms with Crippen molar-refractivity contribution >= 4 is 66.2 Å². The van der Waals surface area contributed by atoms with Gasteiger partial charge < -0.3 is 5.32 Å². The van der Waals surface area contributed by atoms with Crippen LogP contribution in [0.15, 0.2) is 107 Å². The van der Waals surface area contributed by atoms with Crippen LogP contribution in [0.4, 0.5) is 17.1 Å². The van der Waals surface area contributed by atoms with Crippen molar-refractivity contribution in [1.82, 2.24) is 0 Å². The fourth-order valence-corrected chi connectivity index (χ4v) is 6.63. The maximum Gasteiger partial charge on any atom is 0.264 e. The molecule has 39 heavy (non-hydrogen) atoms. The van der Waals surface area contributed by atoms with Crippen LogP contribution >= 0.6 is 23.2 Å². The number of sulfonamides is 2. The Hall–Kier alpha value is -3.57. The van der Waals surface area contributed by atoms with E-state index in [0.717, 1.165) is 9.87 Å². The highest BCUT2D eigenvalue weighted by molar-refractivity contribution is 7.93. The third-order valence-electron chi connectivity index (χ3n) is 5.54. The lowest BCUT2D eigenvalue weighted by atomic mass is 10.2. The van der Waals surface area contributed by atoms with Gasteiger partial charge in [0.15, 0.2) is 0 Å². The Labute approximate surface area is 237 Å². The first-order valence-electron chi connectivity index (χ1n) is 11.5. The third kappa shape index (κ3) is 6.72. The van der Waals surface area contributed by atoms with Crippen LogP contribution in [0.1, 0.15) is 5.56 Å². The van der Waals surface area contributed by atoms with Gasteiger partial charge in [-0.3, -0.25) is 13.8 Å². The summed E-state index contributed by atoms with van der Waals surface area (Å²) in [4.78, 5) is 13.0. The number of hydrogen-bond donors (Lipinski definition) is 2. The SMILES string of the molecule is Cc1cccc(NS(=O)(=O)c2ccc(NC(=O)CN(c3cccc(Cl)c3Cl)S(=O)(=O)c3ccccc3)cc2)c1. The predicted octanol–water partition coefficient (Wildman–Crippen LogP) is 5.94. The number of carbonyl (C=O) groups is 1. The van der Waals surface area contributed by atoms with E-state index >= 15 is 0 Å². The van der Waals surface area contributed by atoms with Crippen LogP contribution in [0.5, 0.6) is 0 Å². The van der Waals surface area contributed by atoms with Gasteiger partial charge in [-0.1, -0.05) is 59.6 Å². The van der Waals surface area contributed by atoms with E-state index in [1.54, 1.807) is 36.4 Å². The van der Waals surface area contributed by atoms with Gasteiger partial charge >= 0.3 is 0 Å². The molecule has 4 aromatic rings. The van der Waals surface area contributed by atoms with Crippen molar-refractivity contribution in [3.63, 3.8) is 0 Å². The topological polar surface area (TPSA) is 113 Å². The number of nitrogens with one attached hydrogen (secondary N) is 2. The summed E-state index contributed by atoms with van der Waals surface area (Å²) in [5.41, 5.74) is 1.62. The van der Waals surface area contributed by atoms with Crippen LogP contribution < -0.4 is 14.3 Å². The number of anilines is 3. The van der Waals surface area contributed by atoms with E-state index in [9.17, 15) is 21.6 Å². The van der Waals surface area contributed by atoms with Crippen LogP contribution in [-0.2, 0) is 24.8 Å². The minimum atomic E-state index is -4.20. The number of nitrogens with zero attached hydrogens (tertiary/aromatic N) is 1. The van der Waals surface area contributed by atoms with Gasteiger partial charge in [0.05, 0.1) is 25.5 Å². The Kier molecular flexibility index (Phi) is 8.51. The van der Waals surface area contributed by atoms with Crippen LogP contribution in [-0.4, -0.2) is 29.3 Å². The Bertz CT molecular complexity index is 1710. The summed E-state index contributed by atoms with van der Waals surface area (Å²) >= 11 is 12.4. The second kappa shape index (κ2) is 11.7. The highest BCUT2D eigenvalue weighted by Gasteiger charge is 2.29. The normalized spacial score (nSPS) is 11.6. The van der Waals surface area contributed by atoms with Crippen molar-refractivity contribution in [3.05, 3.63) is 113 Å². The van der Waals surface area contributed by atoms with Crippen molar-refractivity contribution in [3.8, 4) is 0 Å². The van der Waals surface area contributed by atoms with Crippen molar-refractivity contribution < 1.29 is 21.6 Å². The second-order valence-corrected chi connectivity index (χ2v) is 12.8. The zero-order chi connectivity index (χ0) is 28.2. The molecule has 0 aliphatic rings. The molecule has 0 atom stereocenters. The fourth-order valence-electron chi connectivity index (χ4n) is 3.68. The number of rotatable bonds is 9. The highest BCUT2D eigenvalue weighted by Crippen LogP contribution is 2.35. The van der Waals surface area contributed by atoms with Gasteiger partial charge in [0.2, 0.25) is 5.91 Å². The molecule has 0 bridgehead atoms. The Morgan fingerprint density at radius 1 is 0.769 bits per heavy atom. The van der Waals surface area contributed by atoms with Gasteiger partial charge in [-0.25, -0.2) is 16.8 Å². The van der Waals surface area contributed by atoms with Crippen molar-refractivity contribution in [2.24, 2.45) is 0 Å². The highest BCUT2D eigenvalue weighted by atomic mass is 35.5. The summed E-state index contributed by atoms with van der Waals surface area (Å²) < 4.78 is 55.9. The molecular formula is C27H23Cl2N3O5S2. The van der Waals surface area contributed by atoms with Crippen LogP contribution in [0.25, 0.3) is 0 Å². The standard InChI is InChI=1S/C27H23Cl2N3O5S2/c1-19-7-5-8-21(17-19)31-38(34,35)22-15-13-20(14-16-22)30-26(33)18-32(25-12-6-11-24(28)27(25)29)39(36,37)23-9-3-2-4-10-23/h2-17,31H,18H2,1H3,(H,30,33). The number of hydrogen-bond acceptors (Lipinski definition) is 5. The third-order valence-corrected chi connectivity index (χ3v) is 9.52. The molecule has 0 aliphatic carbocycles. The lowest BCUT2D eigenvalue weighted by molar-refractivity contribution is -0.114. The minimum Gasteiger partial charge on any atom is -0.325 e. The average Bonchev–Trinajstić information content (AvgIpc) is 2.89. The molecule has 0 unspecified atom stereocenters. The van der Waals surface area contributed by atoms with Crippen molar-refractivity contribution in [2.45, 2.75) is 16.7 Å². The molecular weight excluding hydrogens is 581 g/mol. The lowest BCUT2D eigenvalue weighted by Gasteiger charge is -2.25. The van der Waals surface area contributed by atoms with Crippen LogP contribution in [0.3, 0.4) is 0 Å². The molecule has 0 radical (unpaired) electrons. The average molecular weight is 605 g/mol. The molecule has 0 fully saturated rings. The first-order valence-corrected chi connectivity index (χ1v) is 15.2. The number of carbonyl (C=O) groups excluding carboxylic acids is 1. The van der Waals surface area contributed by atoms with E-state index in [1.165, 1.54) is 54.6 Å². The monoisotopic (exact) mass is 603 g/mol. The maximum atomic E-state index is 13.5.